The van der Waals surface area contributed by atoms with Gasteiger partial charge in [-0.25, -0.2) is 0 Å². The Kier molecular flexibility index (Phi) is 3.52. The number of hydrogen-bond acceptors (Lipinski definition) is 5. The van der Waals surface area contributed by atoms with Crippen molar-refractivity contribution in [2.24, 2.45) is 11.7 Å². The molecule has 3 heterocycles. The van der Waals surface area contributed by atoms with Crippen LogP contribution in [-0.2, 0) is 0 Å². The summed E-state index contributed by atoms with van der Waals surface area (Å²) in [4.78, 5) is 6.87. The molecule has 1 aliphatic rings. The molecule has 102 valence electrons. The topological polar surface area (TPSA) is 70.8 Å². The number of hydrogen-bond donors (Lipinski definition) is 2. The van der Waals surface area contributed by atoms with Crippen molar-refractivity contribution in [1.29, 1.82) is 0 Å². The quantitative estimate of drug-likeness (QED) is 0.900. The van der Waals surface area contributed by atoms with Crippen LogP contribution in [-0.4, -0.2) is 34.8 Å². The first-order valence-electron chi connectivity index (χ1n) is 6.68. The zero-order valence-corrected chi connectivity index (χ0v) is 11.9. The number of H-pyrrole nitrogens is 1. The molecule has 2 aromatic rings. The summed E-state index contributed by atoms with van der Waals surface area (Å²) in [5.74, 6) is 2.24. The molecule has 1 atom stereocenters. The minimum absolute atomic E-state index is 0.568. The number of anilines is 1. The molecule has 1 aliphatic heterocycles. The Labute approximate surface area is 116 Å². The summed E-state index contributed by atoms with van der Waals surface area (Å²) >= 11 is 1.69. The van der Waals surface area contributed by atoms with Gasteiger partial charge in [-0.2, -0.15) is 16.3 Å². The van der Waals surface area contributed by atoms with E-state index >= 15 is 0 Å². The number of rotatable bonds is 3. The lowest BCUT2D eigenvalue weighted by Crippen LogP contribution is -2.38. The zero-order valence-electron chi connectivity index (χ0n) is 11.1. The van der Waals surface area contributed by atoms with Crippen LogP contribution in [0.15, 0.2) is 10.8 Å². The lowest BCUT2D eigenvalue weighted by Gasteiger charge is -2.31. The number of thiophene rings is 1. The van der Waals surface area contributed by atoms with E-state index in [-0.39, 0.29) is 0 Å². The highest BCUT2D eigenvalue weighted by Crippen LogP contribution is 2.26. The average Bonchev–Trinajstić information content (AvgIpc) is 3.07. The lowest BCUT2D eigenvalue weighted by atomic mass is 9.99. The molecule has 3 rings (SSSR count). The normalized spacial score (nSPS) is 19.9. The molecule has 1 saturated heterocycles. The van der Waals surface area contributed by atoms with Gasteiger partial charge in [-0.05, 0) is 43.2 Å². The first-order chi connectivity index (χ1) is 9.28. The third-order valence-electron chi connectivity index (χ3n) is 3.72. The standard InChI is InChI=1S/C13H19N5S/c1-9-7-19-8-11(9)12-15-13(17-16-12)18-4-2-3-10(5-14)6-18/h7-8,10H,2-6,14H2,1H3,(H,15,16,17). The molecule has 0 bridgehead atoms. The molecular weight excluding hydrogens is 258 g/mol. The van der Waals surface area contributed by atoms with Gasteiger partial charge in [-0.3, -0.25) is 5.10 Å². The lowest BCUT2D eigenvalue weighted by molar-refractivity contribution is 0.420. The SMILES string of the molecule is Cc1cscc1-c1nc(N2CCCC(CN)C2)n[nH]1. The summed E-state index contributed by atoms with van der Waals surface area (Å²) in [6.45, 7) is 4.84. The molecule has 2 aromatic heterocycles. The molecule has 5 nitrogen and oxygen atoms in total. The van der Waals surface area contributed by atoms with Crippen LogP contribution in [0.1, 0.15) is 18.4 Å². The van der Waals surface area contributed by atoms with Crippen LogP contribution in [0.4, 0.5) is 5.95 Å². The number of aromatic nitrogens is 3. The van der Waals surface area contributed by atoms with Gasteiger partial charge in [0.1, 0.15) is 0 Å². The molecule has 0 spiro atoms. The molecule has 19 heavy (non-hydrogen) atoms. The first-order valence-corrected chi connectivity index (χ1v) is 7.63. The van der Waals surface area contributed by atoms with Crippen molar-refractivity contribution in [3.8, 4) is 11.4 Å². The van der Waals surface area contributed by atoms with Gasteiger partial charge >= 0.3 is 0 Å². The van der Waals surface area contributed by atoms with E-state index in [9.17, 15) is 0 Å². The molecule has 0 aromatic carbocycles. The fourth-order valence-electron chi connectivity index (χ4n) is 2.56. The van der Waals surface area contributed by atoms with Gasteiger partial charge in [0, 0.05) is 24.0 Å². The minimum Gasteiger partial charge on any atom is -0.339 e. The number of nitrogens with two attached hydrogens (primary N) is 1. The van der Waals surface area contributed by atoms with Crippen LogP contribution in [0.2, 0.25) is 0 Å². The molecular formula is C13H19N5S. The van der Waals surface area contributed by atoms with Crippen molar-refractivity contribution < 1.29 is 0 Å². The van der Waals surface area contributed by atoms with Crippen LogP contribution in [0.25, 0.3) is 11.4 Å². The van der Waals surface area contributed by atoms with Gasteiger partial charge in [0.05, 0.1) is 0 Å². The fraction of sp³-hybridized carbons (Fsp3) is 0.538. The third-order valence-corrected chi connectivity index (χ3v) is 4.58. The summed E-state index contributed by atoms with van der Waals surface area (Å²) in [6, 6.07) is 0. The van der Waals surface area contributed by atoms with Gasteiger partial charge in [-0.15, -0.1) is 5.10 Å². The van der Waals surface area contributed by atoms with Crippen LogP contribution in [0.3, 0.4) is 0 Å². The molecule has 1 fully saturated rings. The highest BCUT2D eigenvalue weighted by Gasteiger charge is 2.22. The Balaban J connectivity index is 1.79. The maximum atomic E-state index is 5.77. The summed E-state index contributed by atoms with van der Waals surface area (Å²) < 4.78 is 0. The van der Waals surface area contributed by atoms with E-state index in [0.717, 1.165) is 37.0 Å². The van der Waals surface area contributed by atoms with Crippen molar-refractivity contribution in [3.63, 3.8) is 0 Å². The number of aromatic amines is 1. The number of aryl methyl sites for hydroxylation is 1. The van der Waals surface area contributed by atoms with Gasteiger partial charge in [-0.1, -0.05) is 0 Å². The second-order valence-electron chi connectivity index (χ2n) is 5.14. The zero-order chi connectivity index (χ0) is 13.2. The Bertz CT molecular complexity index is 547. The van der Waals surface area contributed by atoms with E-state index in [2.05, 4.69) is 37.8 Å². The van der Waals surface area contributed by atoms with Crippen molar-refractivity contribution >= 4 is 17.3 Å². The number of nitrogens with zero attached hydrogens (tertiary/aromatic N) is 3. The van der Waals surface area contributed by atoms with Crippen LogP contribution < -0.4 is 10.6 Å². The third kappa shape index (κ3) is 2.50. The second kappa shape index (κ2) is 5.30. The van der Waals surface area contributed by atoms with Gasteiger partial charge in [0.25, 0.3) is 0 Å². The maximum absolute atomic E-state index is 5.77. The molecule has 0 radical (unpaired) electrons. The van der Waals surface area contributed by atoms with Crippen molar-refractivity contribution in [2.75, 3.05) is 24.5 Å². The summed E-state index contributed by atoms with van der Waals surface area (Å²) in [6.07, 6.45) is 2.39. The van der Waals surface area contributed by atoms with E-state index in [1.54, 1.807) is 11.3 Å². The average molecular weight is 277 g/mol. The van der Waals surface area contributed by atoms with E-state index in [4.69, 9.17) is 5.73 Å². The molecule has 0 saturated carbocycles. The summed E-state index contributed by atoms with van der Waals surface area (Å²) in [5.41, 5.74) is 8.16. The van der Waals surface area contributed by atoms with Crippen LogP contribution >= 0.6 is 11.3 Å². The second-order valence-corrected chi connectivity index (χ2v) is 5.89. The van der Waals surface area contributed by atoms with Crippen LogP contribution in [0, 0.1) is 12.8 Å². The largest absolute Gasteiger partial charge is 0.339 e. The van der Waals surface area contributed by atoms with Gasteiger partial charge in [0.15, 0.2) is 5.82 Å². The highest BCUT2D eigenvalue weighted by molar-refractivity contribution is 7.08. The van der Waals surface area contributed by atoms with Gasteiger partial charge in [0.2, 0.25) is 5.95 Å². The maximum Gasteiger partial charge on any atom is 0.245 e. The Hall–Kier alpha value is -1.40. The first kappa shape index (κ1) is 12.6. The Morgan fingerprint density at radius 3 is 3.16 bits per heavy atom. The molecule has 0 amide bonds. The highest BCUT2D eigenvalue weighted by atomic mass is 32.1. The predicted molar refractivity (Wildman–Crippen MR) is 78.4 cm³/mol. The van der Waals surface area contributed by atoms with Crippen molar-refractivity contribution in [3.05, 3.63) is 16.3 Å². The van der Waals surface area contributed by atoms with Crippen LogP contribution in [0.5, 0.6) is 0 Å². The van der Waals surface area contributed by atoms with E-state index in [1.165, 1.54) is 18.4 Å². The summed E-state index contributed by atoms with van der Waals surface area (Å²) in [7, 11) is 0. The van der Waals surface area contributed by atoms with E-state index in [1.807, 2.05) is 0 Å². The molecule has 1 unspecified atom stereocenters. The fourth-order valence-corrected chi connectivity index (χ4v) is 3.39. The van der Waals surface area contributed by atoms with E-state index in [0.29, 0.717) is 5.92 Å². The minimum atomic E-state index is 0.568. The number of nitrogens with one attached hydrogen (secondary N) is 1. The number of piperidine rings is 1. The van der Waals surface area contributed by atoms with Crippen molar-refractivity contribution in [2.45, 2.75) is 19.8 Å². The Morgan fingerprint density at radius 2 is 2.42 bits per heavy atom. The monoisotopic (exact) mass is 277 g/mol. The smallest absolute Gasteiger partial charge is 0.245 e. The molecule has 0 aliphatic carbocycles. The predicted octanol–water partition coefficient (Wildman–Crippen LogP) is 2.02. The van der Waals surface area contributed by atoms with Gasteiger partial charge < -0.3 is 10.6 Å². The Morgan fingerprint density at radius 1 is 1.53 bits per heavy atom. The van der Waals surface area contributed by atoms with Crippen molar-refractivity contribution in [1.82, 2.24) is 15.2 Å². The molecule has 3 N–H and O–H groups in total. The molecule has 6 heteroatoms. The summed E-state index contributed by atoms with van der Waals surface area (Å²) in [5, 5.41) is 11.6. The van der Waals surface area contributed by atoms with E-state index < -0.39 is 0 Å².